The maximum Gasteiger partial charge on any atom is 0.0713 e. The number of rotatable bonds is 6. The fourth-order valence-corrected chi connectivity index (χ4v) is 1.94. The average molecular weight is 275 g/mol. The van der Waals surface area contributed by atoms with Crippen LogP contribution in [0, 0.1) is 5.92 Å². The molecule has 0 fully saturated rings. The topological polar surface area (TPSA) is 21.3 Å². The molecule has 0 heterocycles. The van der Waals surface area contributed by atoms with Crippen molar-refractivity contribution in [1.29, 1.82) is 0 Å². The highest BCUT2D eigenvalue weighted by molar-refractivity contribution is 5.54. The van der Waals surface area contributed by atoms with Crippen molar-refractivity contribution in [3.63, 3.8) is 0 Å². The first kappa shape index (κ1) is 16.9. The molecule has 2 nitrogen and oxygen atoms in total. The third-order valence-electron chi connectivity index (χ3n) is 3.18. The molecule has 0 bridgehead atoms. The molecule has 0 aromatic heterocycles. The number of methoxy groups -OCH3 is 1. The van der Waals surface area contributed by atoms with E-state index in [4.69, 9.17) is 4.74 Å². The molecule has 112 valence electrons. The van der Waals surface area contributed by atoms with Gasteiger partial charge in [-0.3, -0.25) is 0 Å². The van der Waals surface area contributed by atoms with Gasteiger partial charge in [0.2, 0.25) is 0 Å². The van der Waals surface area contributed by atoms with E-state index in [0.29, 0.717) is 12.5 Å². The number of benzene rings is 1. The summed E-state index contributed by atoms with van der Waals surface area (Å²) in [5, 5.41) is 3.57. The van der Waals surface area contributed by atoms with Crippen molar-refractivity contribution in [3.8, 4) is 0 Å². The molecule has 20 heavy (non-hydrogen) atoms. The largest absolute Gasteiger partial charge is 0.380 e. The molecule has 1 aromatic rings. The van der Waals surface area contributed by atoms with Crippen molar-refractivity contribution in [2.75, 3.05) is 13.7 Å². The minimum atomic E-state index is 0.145. The van der Waals surface area contributed by atoms with E-state index in [1.165, 1.54) is 16.7 Å². The predicted octanol–water partition coefficient (Wildman–Crippen LogP) is 4.26. The zero-order chi connectivity index (χ0) is 15.2. The van der Waals surface area contributed by atoms with Crippen molar-refractivity contribution < 1.29 is 4.74 Å². The quantitative estimate of drug-likeness (QED) is 0.837. The molecule has 0 unspecified atom stereocenters. The van der Waals surface area contributed by atoms with E-state index in [1.54, 1.807) is 7.11 Å². The number of nitrogens with one attached hydrogen (secondary N) is 1. The second-order valence-corrected chi connectivity index (χ2v) is 6.66. The van der Waals surface area contributed by atoms with E-state index < -0.39 is 0 Å². The Morgan fingerprint density at radius 2 is 2.00 bits per heavy atom. The smallest absolute Gasteiger partial charge is 0.0713 e. The van der Waals surface area contributed by atoms with Crippen molar-refractivity contribution in [1.82, 2.24) is 5.32 Å². The minimum absolute atomic E-state index is 0.145. The summed E-state index contributed by atoms with van der Waals surface area (Å²) >= 11 is 0. The van der Waals surface area contributed by atoms with Gasteiger partial charge in [0.05, 0.1) is 6.61 Å². The lowest BCUT2D eigenvalue weighted by atomic mass is 9.98. The zero-order valence-electron chi connectivity index (χ0n) is 13.8. The average Bonchev–Trinajstić information content (AvgIpc) is 2.34. The van der Waals surface area contributed by atoms with Crippen LogP contribution < -0.4 is 5.32 Å². The highest BCUT2D eigenvalue weighted by Crippen LogP contribution is 2.16. The Hall–Kier alpha value is -1.12. The van der Waals surface area contributed by atoms with Gasteiger partial charge in [-0.1, -0.05) is 43.7 Å². The van der Waals surface area contributed by atoms with E-state index in [0.717, 1.165) is 6.54 Å². The van der Waals surface area contributed by atoms with Crippen LogP contribution in [0.2, 0.25) is 0 Å². The molecule has 1 rings (SSSR count). The molecule has 0 aliphatic rings. The lowest BCUT2D eigenvalue weighted by Crippen LogP contribution is -2.37. The summed E-state index contributed by atoms with van der Waals surface area (Å²) in [5.74, 6) is 0.538. The monoisotopic (exact) mass is 275 g/mol. The highest BCUT2D eigenvalue weighted by atomic mass is 16.5. The molecule has 1 N–H and O–H groups in total. The first-order valence-corrected chi connectivity index (χ1v) is 7.35. The molecule has 2 heteroatoms. The lowest BCUT2D eigenvalue weighted by Gasteiger charge is -2.23. The van der Waals surface area contributed by atoms with Gasteiger partial charge in [-0.2, -0.15) is 0 Å². The zero-order valence-corrected chi connectivity index (χ0v) is 13.8. The van der Waals surface area contributed by atoms with Crippen LogP contribution in [0.5, 0.6) is 0 Å². The molecule has 0 amide bonds. The van der Waals surface area contributed by atoms with Gasteiger partial charge in [0, 0.05) is 19.2 Å². The third kappa shape index (κ3) is 6.36. The van der Waals surface area contributed by atoms with Crippen LogP contribution in [0.4, 0.5) is 0 Å². The van der Waals surface area contributed by atoms with Crippen LogP contribution in [0.3, 0.4) is 0 Å². The van der Waals surface area contributed by atoms with Gasteiger partial charge in [0.1, 0.15) is 0 Å². The Morgan fingerprint density at radius 1 is 1.30 bits per heavy atom. The molecule has 0 aliphatic heterocycles. The van der Waals surface area contributed by atoms with Gasteiger partial charge in [0.25, 0.3) is 0 Å². The highest BCUT2D eigenvalue weighted by Gasteiger charge is 2.11. The van der Waals surface area contributed by atoms with Crippen LogP contribution in [0.25, 0.3) is 6.08 Å². The van der Waals surface area contributed by atoms with E-state index in [9.17, 15) is 0 Å². The molecular weight excluding hydrogens is 246 g/mol. The van der Waals surface area contributed by atoms with Gasteiger partial charge >= 0.3 is 0 Å². The second-order valence-electron chi connectivity index (χ2n) is 6.66. The summed E-state index contributed by atoms with van der Waals surface area (Å²) in [5.41, 5.74) is 4.04. The van der Waals surface area contributed by atoms with Crippen LogP contribution in [-0.4, -0.2) is 19.2 Å². The summed E-state index contributed by atoms with van der Waals surface area (Å²) in [7, 11) is 1.73. The maximum atomic E-state index is 5.19. The van der Waals surface area contributed by atoms with Crippen LogP contribution in [-0.2, 0) is 11.3 Å². The van der Waals surface area contributed by atoms with Crippen LogP contribution in [0.1, 0.15) is 45.7 Å². The number of hydrogen-bond donors (Lipinski definition) is 1. The molecule has 0 atom stereocenters. The second kappa shape index (κ2) is 7.61. The molecule has 0 saturated carbocycles. The fourth-order valence-electron chi connectivity index (χ4n) is 1.94. The molecular formula is C18H29NO. The summed E-state index contributed by atoms with van der Waals surface area (Å²) in [4.78, 5) is 0. The minimum Gasteiger partial charge on any atom is -0.380 e. The predicted molar refractivity (Wildman–Crippen MR) is 87.7 cm³/mol. The van der Waals surface area contributed by atoms with Crippen molar-refractivity contribution >= 4 is 6.08 Å². The van der Waals surface area contributed by atoms with Crippen LogP contribution >= 0.6 is 0 Å². The Balaban J connectivity index is 2.87. The first-order chi connectivity index (χ1) is 9.31. The maximum absolute atomic E-state index is 5.19. The summed E-state index contributed by atoms with van der Waals surface area (Å²) in [6.07, 6.45) is 2.29. The van der Waals surface area contributed by atoms with Gasteiger partial charge < -0.3 is 10.1 Å². The molecule has 0 radical (unpaired) electrons. The van der Waals surface area contributed by atoms with Gasteiger partial charge in [-0.15, -0.1) is 0 Å². The van der Waals surface area contributed by atoms with Crippen molar-refractivity contribution in [2.24, 2.45) is 5.92 Å². The SMILES string of the molecule is COCc1cccc(C=C(CNC(C)(C)C)C(C)C)c1. The van der Waals surface area contributed by atoms with Gasteiger partial charge in [-0.25, -0.2) is 0 Å². The Morgan fingerprint density at radius 3 is 2.55 bits per heavy atom. The van der Waals surface area contributed by atoms with E-state index in [2.05, 4.69) is 70.3 Å². The summed E-state index contributed by atoms with van der Waals surface area (Å²) in [6, 6.07) is 8.54. The normalized spacial score (nSPS) is 13.1. The Labute approximate surface area is 124 Å². The van der Waals surface area contributed by atoms with E-state index in [-0.39, 0.29) is 5.54 Å². The van der Waals surface area contributed by atoms with E-state index in [1.807, 2.05) is 0 Å². The Bertz CT molecular complexity index is 441. The summed E-state index contributed by atoms with van der Waals surface area (Å²) in [6.45, 7) is 12.7. The van der Waals surface area contributed by atoms with E-state index >= 15 is 0 Å². The van der Waals surface area contributed by atoms with Crippen LogP contribution in [0.15, 0.2) is 29.8 Å². The van der Waals surface area contributed by atoms with Crippen molar-refractivity contribution in [3.05, 3.63) is 41.0 Å². The van der Waals surface area contributed by atoms with Gasteiger partial charge in [-0.05, 0) is 43.9 Å². The number of ether oxygens (including phenoxy) is 1. The molecule has 0 aliphatic carbocycles. The summed E-state index contributed by atoms with van der Waals surface area (Å²) < 4.78 is 5.19. The third-order valence-corrected chi connectivity index (χ3v) is 3.18. The lowest BCUT2D eigenvalue weighted by molar-refractivity contribution is 0.185. The fraction of sp³-hybridized carbons (Fsp3) is 0.556. The Kier molecular flexibility index (Phi) is 6.44. The molecule has 0 saturated heterocycles. The molecule has 0 spiro atoms. The molecule has 1 aromatic carbocycles. The number of hydrogen-bond acceptors (Lipinski definition) is 2. The van der Waals surface area contributed by atoms with Crippen molar-refractivity contribution in [2.45, 2.75) is 46.8 Å². The first-order valence-electron chi connectivity index (χ1n) is 7.35. The van der Waals surface area contributed by atoms with Gasteiger partial charge in [0.15, 0.2) is 0 Å². The standard InChI is InChI=1S/C18H29NO/c1-14(2)17(12-19-18(3,4)5)11-15-8-7-9-16(10-15)13-20-6/h7-11,14,19H,12-13H2,1-6H3.